The number of allylic oxidation sites excluding steroid dienone is 2. The van der Waals surface area contributed by atoms with Crippen LogP contribution in [0.2, 0.25) is 0 Å². The van der Waals surface area contributed by atoms with Gasteiger partial charge in [-0.2, -0.15) is 10.1 Å². The summed E-state index contributed by atoms with van der Waals surface area (Å²) in [5.74, 6) is -1.29. The maximum absolute atomic E-state index is 12.6. The molecule has 2 bridgehead atoms. The van der Waals surface area contributed by atoms with Crippen molar-refractivity contribution >= 4 is 24.0 Å². The van der Waals surface area contributed by atoms with Crippen molar-refractivity contribution in [1.29, 1.82) is 0 Å². The van der Waals surface area contributed by atoms with Crippen molar-refractivity contribution < 1.29 is 24.2 Å². The van der Waals surface area contributed by atoms with Crippen molar-refractivity contribution in [2.24, 2.45) is 28.8 Å². The van der Waals surface area contributed by atoms with E-state index in [4.69, 9.17) is 9.84 Å². The number of fused-ring (bicyclic) bond motifs is 1. The molecule has 1 heterocycles. The van der Waals surface area contributed by atoms with Gasteiger partial charge < -0.3 is 9.84 Å². The highest BCUT2D eigenvalue weighted by molar-refractivity contribution is 6.06. The van der Waals surface area contributed by atoms with Crippen LogP contribution in [0.25, 0.3) is 0 Å². The molecule has 0 unspecified atom stereocenters. The second kappa shape index (κ2) is 6.40. The van der Waals surface area contributed by atoms with E-state index in [0.717, 1.165) is 17.9 Å². The van der Waals surface area contributed by atoms with Crippen molar-refractivity contribution in [3.05, 3.63) is 42.0 Å². The van der Waals surface area contributed by atoms with E-state index in [-0.39, 0.29) is 35.5 Å². The Morgan fingerprint density at radius 3 is 2.19 bits per heavy atom. The van der Waals surface area contributed by atoms with Crippen LogP contribution in [-0.4, -0.2) is 40.7 Å². The summed E-state index contributed by atoms with van der Waals surface area (Å²) in [5.41, 5.74) is 0.684. The number of nitrogens with zero attached hydrogens (tertiary/aromatic N) is 2. The first-order valence-corrected chi connectivity index (χ1v) is 8.59. The third kappa shape index (κ3) is 2.79. The van der Waals surface area contributed by atoms with Crippen molar-refractivity contribution in [2.75, 3.05) is 6.61 Å². The molecule has 5 rings (SSSR count). The van der Waals surface area contributed by atoms with E-state index in [0.29, 0.717) is 11.3 Å². The molecule has 7 nitrogen and oxygen atoms in total. The van der Waals surface area contributed by atoms with Crippen LogP contribution in [0.4, 0.5) is 0 Å². The summed E-state index contributed by atoms with van der Waals surface area (Å²) in [6, 6.07) is 6.59. The lowest BCUT2D eigenvalue weighted by molar-refractivity contribution is -0.140. The lowest BCUT2D eigenvalue weighted by Crippen LogP contribution is -2.38. The maximum atomic E-state index is 12.6. The van der Waals surface area contributed by atoms with Gasteiger partial charge in [0.05, 0.1) is 18.1 Å². The molecular formula is C19H18N2O5. The fourth-order valence-electron chi connectivity index (χ4n) is 4.09. The molecule has 134 valence electrons. The van der Waals surface area contributed by atoms with E-state index < -0.39 is 12.6 Å². The molecule has 3 aliphatic carbocycles. The van der Waals surface area contributed by atoms with Crippen LogP contribution in [0.3, 0.4) is 0 Å². The number of carbonyl (C=O) groups is 3. The summed E-state index contributed by atoms with van der Waals surface area (Å²) >= 11 is 0. The van der Waals surface area contributed by atoms with Crippen molar-refractivity contribution in [1.82, 2.24) is 5.01 Å². The Labute approximate surface area is 149 Å². The normalized spacial score (nSPS) is 29.5. The van der Waals surface area contributed by atoms with Crippen molar-refractivity contribution in [3.8, 4) is 5.75 Å². The summed E-state index contributed by atoms with van der Waals surface area (Å²) < 4.78 is 5.06. The molecule has 0 radical (unpaired) electrons. The second-order valence-corrected chi connectivity index (χ2v) is 6.83. The lowest BCUT2D eigenvalue weighted by Gasteiger charge is -2.37. The van der Waals surface area contributed by atoms with Gasteiger partial charge in [0.2, 0.25) is 0 Å². The largest absolute Gasteiger partial charge is 0.482 e. The Hall–Kier alpha value is -2.96. The Kier molecular flexibility index (Phi) is 4.06. The zero-order chi connectivity index (χ0) is 18.3. The number of carboxylic acids is 1. The molecule has 26 heavy (non-hydrogen) atoms. The van der Waals surface area contributed by atoms with Crippen LogP contribution in [0.1, 0.15) is 18.4 Å². The van der Waals surface area contributed by atoms with Crippen LogP contribution in [-0.2, 0) is 14.4 Å². The minimum absolute atomic E-state index is 0.146. The Morgan fingerprint density at radius 2 is 1.69 bits per heavy atom. The molecule has 7 heteroatoms. The highest BCUT2D eigenvalue weighted by Gasteiger charge is 2.56. The molecule has 1 saturated carbocycles. The SMILES string of the molecule is O=C(O)COc1ccc(/C=N\N2C(=O)[C@H]3[C@H](C2=O)[C@H]2C=C[C@H]3CC2)cc1. The first-order chi connectivity index (χ1) is 12.5. The number of carbonyl (C=O) groups excluding carboxylic acids is 2. The standard InChI is InChI=1S/C19H18N2O5/c22-15(23)10-26-14-7-1-11(2-8-14)9-20-21-18(24)16-12-3-4-13(6-5-12)17(16)19(21)25/h1-4,7-9,12-13,16-17H,5-6,10H2,(H,22,23)/b20-9-/t12-,13-,16+,17+/m0/s1. The highest BCUT2D eigenvalue weighted by atomic mass is 16.5. The number of hydrogen-bond donors (Lipinski definition) is 1. The predicted octanol–water partition coefficient (Wildman–Crippen LogP) is 1.68. The summed E-state index contributed by atoms with van der Waals surface area (Å²) in [6.45, 7) is -0.413. The minimum atomic E-state index is -1.05. The molecular weight excluding hydrogens is 336 g/mol. The zero-order valence-corrected chi connectivity index (χ0v) is 13.9. The van der Waals surface area contributed by atoms with Gasteiger partial charge in [0.15, 0.2) is 6.61 Å². The average molecular weight is 354 g/mol. The fraction of sp³-hybridized carbons (Fsp3) is 0.368. The molecule has 4 aliphatic rings. The monoisotopic (exact) mass is 354 g/mol. The van der Waals surface area contributed by atoms with E-state index in [9.17, 15) is 14.4 Å². The Balaban J connectivity index is 1.46. The number of carboxylic acid groups (broad SMARTS) is 1. The van der Waals surface area contributed by atoms with Crippen LogP contribution >= 0.6 is 0 Å². The minimum Gasteiger partial charge on any atom is -0.482 e. The molecule has 2 amide bonds. The van der Waals surface area contributed by atoms with Gasteiger partial charge in [-0.1, -0.05) is 12.2 Å². The molecule has 0 aromatic heterocycles. The number of aliphatic carboxylic acids is 1. The quantitative estimate of drug-likeness (QED) is 0.493. The van der Waals surface area contributed by atoms with Gasteiger partial charge in [-0.25, -0.2) is 4.79 Å². The van der Waals surface area contributed by atoms with Gasteiger partial charge in [-0.05, 0) is 54.5 Å². The molecule has 1 N–H and O–H groups in total. The zero-order valence-electron chi connectivity index (χ0n) is 13.9. The lowest BCUT2D eigenvalue weighted by atomic mass is 9.63. The van der Waals surface area contributed by atoms with Crippen LogP contribution in [0.5, 0.6) is 5.75 Å². The van der Waals surface area contributed by atoms with Crippen LogP contribution < -0.4 is 4.74 Å². The first-order valence-electron chi connectivity index (χ1n) is 8.59. The number of hydrogen-bond acceptors (Lipinski definition) is 5. The molecule has 1 saturated heterocycles. The topological polar surface area (TPSA) is 96.3 Å². The molecule has 1 aromatic rings. The van der Waals surface area contributed by atoms with Gasteiger partial charge in [0, 0.05) is 0 Å². The van der Waals surface area contributed by atoms with E-state index >= 15 is 0 Å². The molecule has 1 aliphatic heterocycles. The van der Waals surface area contributed by atoms with Crippen LogP contribution in [0.15, 0.2) is 41.5 Å². The van der Waals surface area contributed by atoms with Crippen molar-refractivity contribution in [3.63, 3.8) is 0 Å². The number of rotatable bonds is 5. The van der Waals surface area contributed by atoms with Gasteiger partial charge in [0.25, 0.3) is 11.8 Å². The van der Waals surface area contributed by atoms with E-state index in [1.165, 1.54) is 6.21 Å². The summed E-state index contributed by atoms with van der Waals surface area (Å²) in [7, 11) is 0. The van der Waals surface area contributed by atoms with Crippen LogP contribution in [0, 0.1) is 23.7 Å². The summed E-state index contributed by atoms with van der Waals surface area (Å²) in [6.07, 6.45) is 7.52. The fourth-order valence-corrected chi connectivity index (χ4v) is 4.09. The molecule has 1 aromatic carbocycles. The third-order valence-corrected chi connectivity index (χ3v) is 5.30. The smallest absolute Gasteiger partial charge is 0.341 e. The van der Waals surface area contributed by atoms with Gasteiger partial charge in [-0.3, -0.25) is 9.59 Å². The van der Waals surface area contributed by atoms with E-state index in [1.807, 2.05) is 0 Å². The van der Waals surface area contributed by atoms with E-state index in [1.54, 1.807) is 24.3 Å². The second-order valence-electron chi connectivity index (χ2n) is 6.83. The average Bonchev–Trinajstić information content (AvgIpc) is 2.93. The highest BCUT2D eigenvalue weighted by Crippen LogP contribution is 2.49. The third-order valence-electron chi connectivity index (χ3n) is 5.30. The summed E-state index contributed by atoms with van der Waals surface area (Å²) in [5, 5.41) is 13.7. The van der Waals surface area contributed by atoms with Gasteiger partial charge in [0.1, 0.15) is 5.75 Å². The summed E-state index contributed by atoms with van der Waals surface area (Å²) in [4.78, 5) is 35.8. The Bertz CT molecular complexity index is 782. The number of ether oxygens (including phenoxy) is 1. The number of benzene rings is 1. The number of hydrazone groups is 1. The van der Waals surface area contributed by atoms with Gasteiger partial charge >= 0.3 is 5.97 Å². The molecule has 4 atom stereocenters. The number of imide groups is 1. The van der Waals surface area contributed by atoms with Gasteiger partial charge in [-0.15, -0.1) is 0 Å². The first kappa shape index (κ1) is 16.5. The molecule has 0 spiro atoms. The Morgan fingerprint density at radius 1 is 1.12 bits per heavy atom. The van der Waals surface area contributed by atoms with E-state index in [2.05, 4.69) is 17.3 Å². The predicted molar refractivity (Wildman–Crippen MR) is 91.4 cm³/mol. The number of amides is 2. The molecule has 2 fully saturated rings. The van der Waals surface area contributed by atoms with Crippen molar-refractivity contribution in [2.45, 2.75) is 12.8 Å². The maximum Gasteiger partial charge on any atom is 0.341 e.